The maximum atomic E-state index is 12.1. The Morgan fingerprint density at radius 3 is 2.52 bits per heavy atom. The Kier molecular flexibility index (Phi) is 11.4. The molecule has 184 valence electrons. The number of aliphatic hydroxyl groups excluding tert-OH is 1. The fraction of sp³-hybridized carbons (Fsp3) is 0.636. The standard InChI is InChI=1S/C16H18N2O2.C6H15O6P/c1-16(2)9-13(18-7-3-4-15(18)19)12-8-11(10-17)5-6-14(12)20-16;7-1-2-10-3-4-11-5-6-12-13(8)9/h5-6,8,13H,3-4,7,9H2,1-2H3;7-9H,1-6H2. The van der Waals surface area contributed by atoms with Crippen LogP contribution in [-0.4, -0.2) is 77.5 Å². The first-order valence-corrected chi connectivity index (χ1v) is 12.0. The lowest BCUT2D eigenvalue weighted by Gasteiger charge is -2.41. The molecule has 0 aromatic heterocycles. The van der Waals surface area contributed by atoms with Gasteiger partial charge >= 0.3 is 8.60 Å². The molecule has 3 N–H and O–H groups in total. The van der Waals surface area contributed by atoms with Crippen LogP contribution in [0, 0.1) is 11.3 Å². The zero-order valence-corrected chi connectivity index (χ0v) is 20.0. The molecule has 2 aliphatic rings. The molecule has 0 bridgehead atoms. The van der Waals surface area contributed by atoms with Gasteiger partial charge in [-0.05, 0) is 38.5 Å². The molecular weight excluding hydrogens is 451 g/mol. The van der Waals surface area contributed by atoms with Crippen molar-refractivity contribution in [2.45, 2.75) is 44.8 Å². The van der Waals surface area contributed by atoms with E-state index in [9.17, 15) is 4.79 Å². The highest BCUT2D eigenvalue weighted by molar-refractivity contribution is 7.39. The van der Waals surface area contributed by atoms with E-state index in [1.165, 1.54) is 0 Å². The minimum atomic E-state index is -2.28. The number of aliphatic hydroxyl groups is 1. The summed E-state index contributed by atoms with van der Waals surface area (Å²) >= 11 is 0. The van der Waals surface area contributed by atoms with Gasteiger partial charge in [0, 0.05) is 24.9 Å². The highest BCUT2D eigenvalue weighted by Gasteiger charge is 2.39. The van der Waals surface area contributed by atoms with E-state index in [1.54, 1.807) is 6.07 Å². The average molecular weight is 484 g/mol. The molecule has 1 unspecified atom stereocenters. The molecule has 2 aliphatic heterocycles. The summed E-state index contributed by atoms with van der Waals surface area (Å²) in [4.78, 5) is 30.6. The Morgan fingerprint density at radius 2 is 1.91 bits per heavy atom. The van der Waals surface area contributed by atoms with Crippen LogP contribution in [0.1, 0.15) is 50.3 Å². The average Bonchev–Trinajstić information content (AvgIpc) is 3.20. The summed E-state index contributed by atoms with van der Waals surface area (Å²) in [5.74, 6) is 1.01. The smallest absolute Gasteiger partial charge is 0.327 e. The number of ether oxygens (including phenoxy) is 3. The van der Waals surface area contributed by atoms with Gasteiger partial charge in [-0.1, -0.05) is 0 Å². The summed E-state index contributed by atoms with van der Waals surface area (Å²) < 4.78 is 20.3. The fourth-order valence-electron chi connectivity index (χ4n) is 3.73. The highest BCUT2D eigenvalue weighted by Crippen LogP contribution is 2.44. The van der Waals surface area contributed by atoms with Gasteiger partial charge in [0.25, 0.3) is 0 Å². The van der Waals surface area contributed by atoms with Crippen molar-refractivity contribution in [3.63, 3.8) is 0 Å². The van der Waals surface area contributed by atoms with Crippen molar-refractivity contribution in [1.29, 1.82) is 5.26 Å². The number of nitriles is 1. The predicted octanol–water partition coefficient (Wildman–Crippen LogP) is 2.02. The van der Waals surface area contributed by atoms with Crippen molar-refractivity contribution in [2.24, 2.45) is 0 Å². The minimum absolute atomic E-state index is 0.00241. The normalized spacial score (nSPS) is 18.9. The van der Waals surface area contributed by atoms with Gasteiger partial charge in [-0.15, -0.1) is 0 Å². The van der Waals surface area contributed by atoms with Gasteiger partial charge in [-0.2, -0.15) is 5.26 Å². The molecule has 0 saturated carbocycles. The summed E-state index contributed by atoms with van der Waals surface area (Å²) in [6.07, 6.45) is 2.32. The zero-order valence-electron chi connectivity index (χ0n) is 19.1. The molecule has 11 heteroatoms. The Bertz CT molecular complexity index is 799. The van der Waals surface area contributed by atoms with E-state index >= 15 is 0 Å². The van der Waals surface area contributed by atoms with E-state index in [4.69, 9.17) is 34.4 Å². The summed E-state index contributed by atoms with van der Waals surface area (Å²) in [6, 6.07) is 7.66. The SMILES string of the molecule is CC1(C)CC(N2CCCC2=O)c2cc(C#N)ccc2O1.OCCOCCOCCOP(O)O. The largest absolute Gasteiger partial charge is 0.487 e. The van der Waals surface area contributed by atoms with Crippen LogP contribution in [0.4, 0.5) is 0 Å². The van der Waals surface area contributed by atoms with Crippen LogP contribution in [-0.2, 0) is 18.8 Å². The lowest BCUT2D eigenvalue weighted by atomic mass is 9.88. The van der Waals surface area contributed by atoms with Crippen LogP contribution in [0.3, 0.4) is 0 Å². The van der Waals surface area contributed by atoms with Crippen LogP contribution in [0.2, 0.25) is 0 Å². The number of fused-ring (bicyclic) bond motifs is 1. The second-order valence-corrected chi connectivity index (χ2v) is 8.93. The summed E-state index contributed by atoms with van der Waals surface area (Å²) in [5.41, 5.74) is 1.29. The topological polar surface area (TPSA) is 142 Å². The van der Waals surface area contributed by atoms with Crippen molar-refractivity contribution in [1.82, 2.24) is 4.90 Å². The van der Waals surface area contributed by atoms with Gasteiger partial charge in [0.15, 0.2) is 0 Å². The quantitative estimate of drug-likeness (QED) is 0.336. The van der Waals surface area contributed by atoms with Crippen LogP contribution in [0.15, 0.2) is 18.2 Å². The van der Waals surface area contributed by atoms with Crippen LogP contribution >= 0.6 is 8.60 Å². The van der Waals surface area contributed by atoms with Crippen molar-refractivity contribution in [3.05, 3.63) is 29.3 Å². The number of hydrogen-bond acceptors (Lipinski definition) is 9. The van der Waals surface area contributed by atoms with Crippen LogP contribution in [0.5, 0.6) is 5.75 Å². The Labute approximate surface area is 195 Å². The van der Waals surface area contributed by atoms with E-state index in [2.05, 4.69) is 10.6 Å². The molecule has 0 aliphatic carbocycles. The van der Waals surface area contributed by atoms with E-state index in [0.717, 1.165) is 30.7 Å². The van der Waals surface area contributed by atoms with Crippen molar-refractivity contribution >= 4 is 14.5 Å². The zero-order chi connectivity index (χ0) is 24.3. The van der Waals surface area contributed by atoms with Gasteiger partial charge in [-0.25, -0.2) is 0 Å². The van der Waals surface area contributed by atoms with Crippen molar-refractivity contribution in [2.75, 3.05) is 46.2 Å². The van der Waals surface area contributed by atoms with Gasteiger partial charge in [-0.3, -0.25) is 4.79 Å². The van der Waals surface area contributed by atoms with Crippen molar-refractivity contribution in [3.8, 4) is 11.8 Å². The molecule has 1 aromatic rings. The molecule has 1 atom stereocenters. The molecule has 1 fully saturated rings. The Morgan fingerprint density at radius 1 is 1.21 bits per heavy atom. The summed E-state index contributed by atoms with van der Waals surface area (Å²) in [6.45, 7) is 6.45. The number of amides is 1. The van der Waals surface area contributed by atoms with E-state index < -0.39 is 8.60 Å². The second-order valence-electron chi connectivity index (χ2n) is 8.17. The highest BCUT2D eigenvalue weighted by atomic mass is 31.2. The van der Waals surface area contributed by atoms with Gasteiger partial charge in [0.2, 0.25) is 5.91 Å². The lowest BCUT2D eigenvalue weighted by molar-refractivity contribution is -0.131. The number of nitrogens with zero attached hydrogens (tertiary/aromatic N) is 2. The number of hydrogen-bond donors (Lipinski definition) is 3. The molecule has 33 heavy (non-hydrogen) atoms. The van der Waals surface area contributed by atoms with Gasteiger partial charge in [0.1, 0.15) is 11.4 Å². The molecule has 1 saturated heterocycles. The third kappa shape index (κ3) is 9.14. The minimum Gasteiger partial charge on any atom is -0.487 e. The molecule has 2 heterocycles. The molecule has 1 amide bonds. The molecule has 0 spiro atoms. The number of carbonyl (C=O) groups is 1. The maximum Gasteiger partial charge on any atom is 0.327 e. The summed E-state index contributed by atoms with van der Waals surface area (Å²) in [5, 5.41) is 17.4. The third-order valence-corrected chi connectivity index (χ3v) is 5.51. The fourth-order valence-corrected chi connectivity index (χ4v) is 3.97. The second kappa shape index (κ2) is 13.8. The van der Waals surface area contributed by atoms with E-state index in [1.807, 2.05) is 30.9 Å². The Hall–Kier alpha value is -1.83. The number of rotatable bonds is 10. The maximum absolute atomic E-state index is 12.1. The monoisotopic (exact) mass is 484 g/mol. The van der Waals surface area contributed by atoms with Crippen LogP contribution < -0.4 is 4.74 Å². The first-order chi connectivity index (χ1) is 15.8. The first-order valence-electron chi connectivity index (χ1n) is 10.9. The van der Waals surface area contributed by atoms with E-state index in [0.29, 0.717) is 38.4 Å². The molecule has 10 nitrogen and oxygen atoms in total. The summed E-state index contributed by atoms with van der Waals surface area (Å²) in [7, 11) is -2.28. The van der Waals surface area contributed by atoms with Gasteiger partial charge in [0.05, 0.1) is 57.3 Å². The van der Waals surface area contributed by atoms with Crippen LogP contribution in [0.25, 0.3) is 0 Å². The molecule has 0 radical (unpaired) electrons. The predicted molar refractivity (Wildman–Crippen MR) is 120 cm³/mol. The third-order valence-electron chi connectivity index (χ3n) is 5.10. The number of benzene rings is 1. The molecule has 3 rings (SSSR count). The van der Waals surface area contributed by atoms with E-state index in [-0.39, 0.29) is 30.8 Å². The van der Waals surface area contributed by atoms with Gasteiger partial charge < -0.3 is 38.5 Å². The molecule has 1 aromatic carbocycles. The lowest BCUT2D eigenvalue weighted by Crippen LogP contribution is -2.42. The first kappa shape index (κ1) is 27.4. The number of carbonyl (C=O) groups excluding carboxylic acids is 1. The number of likely N-dealkylation sites (tertiary alicyclic amines) is 1. The van der Waals surface area contributed by atoms with Crippen molar-refractivity contribution < 1.29 is 38.4 Å². The molecular formula is C22H33N2O8P. The Balaban J connectivity index is 0.000000260.